The third-order valence-corrected chi connectivity index (χ3v) is 3.71. The van der Waals surface area contributed by atoms with E-state index in [1.807, 2.05) is 4.90 Å². The molecule has 0 bridgehead atoms. The zero-order valence-electron chi connectivity index (χ0n) is 13.1. The molecule has 0 aliphatic carbocycles. The maximum Gasteiger partial charge on any atom is 0.223 e. The van der Waals surface area contributed by atoms with Gasteiger partial charge in [-0.15, -0.1) is 0 Å². The van der Waals surface area contributed by atoms with Crippen molar-refractivity contribution in [1.82, 2.24) is 4.90 Å². The van der Waals surface area contributed by atoms with Crippen LogP contribution < -0.4 is 4.90 Å². The number of amides is 1. The first kappa shape index (κ1) is 14.9. The summed E-state index contributed by atoms with van der Waals surface area (Å²) in [5.41, 5.74) is 2.62. The number of nitrogens with zero attached hydrogens (tertiary/aromatic N) is 2. The highest BCUT2D eigenvalue weighted by Crippen LogP contribution is 2.22. The van der Waals surface area contributed by atoms with Gasteiger partial charge >= 0.3 is 0 Å². The van der Waals surface area contributed by atoms with Crippen LogP contribution in [0.3, 0.4) is 0 Å². The third-order valence-electron chi connectivity index (χ3n) is 3.71. The highest BCUT2D eigenvalue weighted by atomic mass is 16.2. The van der Waals surface area contributed by atoms with Crippen molar-refractivity contribution in [3.05, 3.63) is 29.8 Å². The number of carbonyl (C=O) groups is 1. The lowest BCUT2D eigenvalue weighted by Gasteiger charge is -2.37. The van der Waals surface area contributed by atoms with Crippen LogP contribution in [0.25, 0.3) is 0 Å². The number of benzene rings is 1. The van der Waals surface area contributed by atoms with Crippen molar-refractivity contribution in [2.75, 3.05) is 31.1 Å². The number of hydrogen-bond acceptors (Lipinski definition) is 2. The zero-order valence-corrected chi connectivity index (χ0v) is 13.1. The van der Waals surface area contributed by atoms with E-state index in [-0.39, 0.29) is 5.41 Å². The van der Waals surface area contributed by atoms with Crippen LogP contribution in [-0.2, 0) is 4.79 Å². The van der Waals surface area contributed by atoms with Gasteiger partial charge in [0, 0.05) is 38.3 Å². The molecule has 0 unspecified atom stereocenters. The summed E-state index contributed by atoms with van der Waals surface area (Å²) in [6.07, 6.45) is 0.636. The van der Waals surface area contributed by atoms with Crippen molar-refractivity contribution < 1.29 is 4.79 Å². The number of hydrogen-bond donors (Lipinski definition) is 0. The van der Waals surface area contributed by atoms with Crippen LogP contribution in [0.4, 0.5) is 5.69 Å². The van der Waals surface area contributed by atoms with Gasteiger partial charge in [-0.3, -0.25) is 4.79 Å². The second-order valence-corrected chi connectivity index (χ2v) is 6.94. The second-order valence-electron chi connectivity index (χ2n) is 6.94. The van der Waals surface area contributed by atoms with E-state index < -0.39 is 0 Å². The molecule has 110 valence electrons. The van der Waals surface area contributed by atoms with Gasteiger partial charge in [0.2, 0.25) is 5.91 Å². The molecule has 0 N–H and O–H groups in total. The lowest BCUT2D eigenvalue weighted by atomic mass is 9.91. The molecule has 1 aliphatic heterocycles. The van der Waals surface area contributed by atoms with Crippen LogP contribution in [0, 0.1) is 12.3 Å². The average Bonchev–Trinajstić information content (AvgIpc) is 2.38. The molecule has 1 aromatic rings. The third kappa shape index (κ3) is 3.99. The molecule has 20 heavy (non-hydrogen) atoms. The molecule has 2 rings (SSSR count). The molecule has 0 atom stereocenters. The first-order chi connectivity index (χ1) is 9.35. The summed E-state index contributed by atoms with van der Waals surface area (Å²) < 4.78 is 0. The Morgan fingerprint density at radius 3 is 2.10 bits per heavy atom. The van der Waals surface area contributed by atoms with Crippen molar-refractivity contribution in [3.63, 3.8) is 0 Å². The number of anilines is 1. The lowest BCUT2D eigenvalue weighted by Crippen LogP contribution is -2.49. The van der Waals surface area contributed by atoms with Crippen molar-refractivity contribution >= 4 is 11.6 Å². The normalized spacial score (nSPS) is 16.4. The summed E-state index contributed by atoms with van der Waals surface area (Å²) in [5.74, 6) is 0.293. The fourth-order valence-corrected chi connectivity index (χ4v) is 2.54. The first-order valence-electron chi connectivity index (χ1n) is 7.44. The number of carbonyl (C=O) groups excluding carboxylic acids is 1. The molecule has 3 heteroatoms. The molecule has 1 heterocycles. The standard InChI is InChI=1S/C17H26N2O/c1-14-5-7-15(8-6-14)18-9-11-19(12-10-18)16(20)13-17(2,3)4/h5-8H,9-13H2,1-4H3. The smallest absolute Gasteiger partial charge is 0.223 e. The van der Waals surface area contributed by atoms with E-state index in [1.165, 1.54) is 11.3 Å². The van der Waals surface area contributed by atoms with Gasteiger partial charge in [-0.05, 0) is 24.5 Å². The van der Waals surface area contributed by atoms with Crippen LogP contribution in [0.1, 0.15) is 32.8 Å². The van der Waals surface area contributed by atoms with Crippen LogP contribution in [-0.4, -0.2) is 37.0 Å². The summed E-state index contributed by atoms with van der Waals surface area (Å²) >= 11 is 0. The van der Waals surface area contributed by atoms with Gasteiger partial charge in [0.05, 0.1) is 0 Å². The van der Waals surface area contributed by atoms with Crippen LogP contribution >= 0.6 is 0 Å². The highest BCUT2D eigenvalue weighted by Gasteiger charge is 2.24. The second kappa shape index (κ2) is 5.86. The van der Waals surface area contributed by atoms with Gasteiger partial charge in [0.1, 0.15) is 0 Å². The Labute approximate surface area is 122 Å². The monoisotopic (exact) mass is 274 g/mol. The summed E-state index contributed by atoms with van der Waals surface area (Å²) in [4.78, 5) is 16.6. The SMILES string of the molecule is Cc1ccc(N2CCN(C(=O)CC(C)(C)C)CC2)cc1. The lowest BCUT2D eigenvalue weighted by molar-refractivity contribution is -0.133. The van der Waals surface area contributed by atoms with Gasteiger partial charge in [-0.2, -0.15) is 0 Å². The van der Waals surface area contributed by atoms with Gasteiger partial charge in [0.25, 0.3) is 0 Å². The predicted molar refractivity (Wildman–Crippen MR) is 84.0 cm³/mol. The van der Waals surface area contributed by atoms with Crippen molar-refractivity contribution in [1.29, 1.82) is 0 Å². The molecule has 1 amide bonds. The Balaban J connectivity index is 1.89. The van der Waals surface area contributed by atoms with Crippen LogP contribution in [0.15, 0.2) is 24.3 Å². The summed E-state index contributed by atoms with van der Waals surface area (Å²) in [6, 6.07) is 8.63. The van der Waals surface area contributed by atoms with Gasteiger partial charge in [-0.25, -0.2) is 0 Å². The minimum absolute atomic E-state index is 0.0746. The fraction of sp³-hybridized carbons (Fsp3) is 0.588. The number of rotatable bonds is 2. The Bertz CT molecular complexity index is 451. The first-order valence-corrected chi connectivity index (χ1v) is 7.44. The van der Waals surface area contributed by atoms with Crippen LogP contribution in [0.5, 0.6) is 0 Å². The zero-order chi connectivity index (χ0) is 14.8. The van der Waals surface area contributed by atoms with E-state index in [0.29, 0.717) is 12.3 Å². The fourth-order valence-electron chi connectivity index (χ4n) is 2.54. The molecular weight excluding hydrogens is 248 g/mol. The topological polar surface area (TPSA) is 23.6 Å². The molecule has 3 nitrogen and oxygen atoms in total. The van der Waals surface area contributed by atoms with E-state index in [9.17, 15) is 4.79 Å². The largest absolute Gasteiger partial charge is 0.368 e. The van der Waals surface area contributed by atoms with Gasteiger partial charge in [-0.1, -0.05) is 38.5 Å². The van der Waals surface area contributed by atoms with E-state index >= 15 is 0 Å². The average molecular weight is 274 g/mol. The molecule has 0 spiro atoms. The van der Waals surface area contributed by atoms with E-state index in [1.54, 1.807) is 0 Å². The molecule has 1 fully saturated rings. The summed E-state index contributed by atoms with van der Waals surface area (Å²) in [6.45, 7) is 12.0. The van der Waals surface area contributed by atoms with Crippen molar-refractivity contribution in [2.24, 2.45) is 5.41 Å². The molecule has 0 saturated carbocycles. The van der Waals surface area contributed by atoms with E-state index in [4.69, 9.17) is 0 Å². The molecular formula is C17H26N2O. The van der Waals surface area contributed by atoms with Crippen LogP contribution in [0.2, 0.25) is 0 Å². The van der Waals surface area contributed by atoms with Gasteiger partial charge in [0.15, 0.2) is 0 Å². The minimum atomic E-state index is 0.0746. The maximum absolute atomic E-state index is 12.2. The molecule has 1 saturated heterocycles. The highest BCUT2D eigenvalue weighted by molar-refractivity contribution is 5.77. The summed E-state index contributed by atoms with van der Waals surface area (Å²) in [7, 11) is 0. The Morgan fingerprint density at radius 2 is 1.60 bits per heavy atom. The van der Waals surface area contributed by atoms with Crippen molar-refractivity contribution in [2.45, 2.75) is 34.1 Å². The number of piperazine rings is 1. The van der Waals surface area contributed by atoms with Gasteiger partial charge < -0.3 is 9.80 Å². The predicted octanol–water partition coefficient (Wildman–Crippen LogP) is 3.08. The Hall–Kier alpha value is -1.51. The van der Waals surface area contributed by atoms with E-state index in [2.05, 4.69) is 56.9 Å². The Kier molecular flexibility index (Phi) is 4.36. The van der Waals surface area contributed by atoms with E-state index in [0.717, 1.165) is 26.2 Å². The molecule has 1 aliphatic rings. The molecule has 0 aromatic heterocycles. The molecule has 1 aromatic carbocycles. The quantitative estimate of drug-likeness (QED) is 0.827. The van der Waals surface area contributed by atoms with Crippen molar-refractivity contribution in [3.8, 4) is 0 Å². The summed E-state index contributed by atoms with van der Waals surface area (Å²) in [5, 5.41) is 0. The Morgan fingerprint density at radius 1 is 1.05 bits per heavy atom. The minimum Gasteiger partial charge on any atom is -0.368 e. The number of aryl methyl sites for hydroxylation is 1. The molecule has 0 radical (unpaired) electrons. The maximum atomic E-state index is 12.2.